The molecule has 5 nitrogen and oxygen atoms in total. The number of nitrogens with one attached hydrogen (secondary N) is 1. The van der Waals surface area contributed by atoms with Crippen LogP contribution in [0.4, 0.5) is 0 Å². The van der Waals surface area contributed by atoms with Crippen molar-refractivity contribution in [1.29, 1.82) is 0 Å². The first-order valence-electron chi connectivity index (χ1n) is 9.39. The molecule has 4 aromatic rings. The molecule has 2 aromatic carbocycles. The number of hydrogen-bond donors (Lipinski definition) is 1. The Hall–Kier alpha value is -2.77. The summed E-state index contributed by atoms with van der Waals surface area (Å²) in [6, 6.07) is 16.0. The summed E-state index contributed by atoms with van der Waals surface area (Å²) in [7, 11) is 0. The molecule has 7 heteroatoms. The number of nitrogens with zero attached hydrogens (tertiary/aromatic N) is 2. The van der Waals surface area contributed by atoms with Gasteiger partial charge < -0.3 is 10.1 Å². The summed E-state index contributed by atoms with van der Waals surface area (Å²) in [5, 5.41) is 6.78. The van der Waals surface area contributed by atoms with Crippen LogP contribution in [0, 0.1) is 6.92 Å². The largest absolute Gasteiger partial charge is 0.486 e. The number of ether oxygens (including phenoxy) is 1. The third kappa shape index (κ3) is 5.40. The van der Waals surface area contributed by atoms with Crippen LogP contribution in [0.1, 0.15) is 21.3 Å². The minimum atomic E-state index is -0.0255. The standard InChI is InChI=1S/C22H21N3O2S2/c1-15-6-8-17(9-7-15)27-13-22-24-16(14-28-22)12-20(26)23-11-10-21-25-18-4-2-3-5-19(18)29-21/h2-9,14H,10-13H2,1H3,(H,23,26). The van der Waals surface area contributed by atoms with Gasteiger partial charge in [-0.3, -0.25) is 4.79 Å². The summed E-state index contributed by atoms with van der Waals surface area (Å²) in [6.45, 7) is 3.03. The number of hydrogen-bond acceptors (Lipinski definition) is 6. The number of carbonyl (C=O) groups excluding carboxylic acids is 1. The summed E-state index contributed by atoms with van der Waals surface area (Å²) >= 11 is 3.19. The minimum absolute atomic E-state index is 0.0255. The zero-order chi connectivity index (χ0) is 20.1. The second-order valence-electron chi connectivity index (χ2n) is 6.69. The van der Waals surface area contributed by atoms with Gasteiger partial charge in [0.05, 0.1) is 27.3 Å². The SMILES string of the molecule is Cc1ccc(OCc2nc(CC(=O)NCCc3nc4ccccc4s3)cs2)cc1. The Balaban J connectivity index is 1.22. The van der Waals surface area contributed by atoms with Crippen LogP contribution < -0.4 is 10.1 Å². The van der Waals surface area contributed by atoms with E-state index in [1.165, 1.54) is 21.6 Å². The maximum Gasteiger partial charge on any atom is 0.226 e. The van der Waals surface area contributed by atoms with Crippen molar-refractivity contribution in [3.05, 3.63) is 75.2 Å². The Morgan fingerprint density at radius 3 is 2.72 bits per heavy atom. The smallest absolute Gasteiger partial charge is 0.226 e. The Morgan fingerprint density at radius 2 is 1.90 bits per heavy atom. The van der Waals surface area contributed by atoms with E-state index in [2.05, 4.69) is 21.4 Å². The Morgan fingerprint density at radius 1 is 1.07 bits per heavy atom. The zero-order valence-electron chi connectivity index (χ0n) is 16.1. The average Bonchev–Trinajstić information content (AvgIpc) is 3.33. The van der Waals surface area contributed by atoms with Gasteiger partial charge in [0.1, 0.15) is 17.4 Å². The van der Waals surface area contributed by atoms with Gasteiger partial charge in [-0.1, -0.05) is 29.8 Å². The van der Waals surface area contributed by atoms with E-state index < -0.39 is 0 Å². The van der Waals surface area contributed by atoms with Crippen molar-refractivity contribution in [2.24, 2.45) is 0 Å². The third-order valence-electron chi connectivity index (χ3n) is 4.32. The molecular weight excluding hydrogens is 402 g/mol. The molecule has 0 radical (unpaired) electrons. The molecule has 0 saturated heterocycles. The summed E-state index contributed by atoms with van der Waals surface area (Å²) in [6.07, 6.45) is 1.01. The number of para-hydroxylation sites is 1. The topological polar surface area (TPSA) is 64.1 Å². The van der Waals surface area contributed by atoms with Crippen LogP contribution in [0.2, 0.25) is 0 Å². The molecule has 0 spiro atoms. The van der Waals surface area contributed by atoms with Gasteiger partial charge in [0.2, 0.25) is 5.91 Å². The van der Waals surface area contributed by atoms with Crippen molar-refractivity contribution in [1.82, 2.24) is 15.3 Å². The number of aryl methyl sites for hydroxylation is 1. The quantitative estimate of drug-likeness (QED) is 0.452. The maximum atomic E-state index is 12.2. The molecular formula is C22H21N3O2S2. The first kappa shape index (κ1) is 19.5. The summed E-state index contributed by atoms with van der Waals surface area (Å²) < 4.78 is 6.92. The van der Waals surface area contributed by atoms with Crippen LogP contribution in [0.15, 0.2) is 53.9 Å². The second kappa shape index (κ2) is 9.15. The van der Waals surface area contributed by atoms with Crippen molar-refractivity contribution in [3.8, 4) is 5.75 Å². The maximum absolute atomic E-state index is 12.2. The van der Waals surface area contributed by atoms with E-state index in [1.807, 2.05) is 54.8 Å². The summed E-state index contributed by atoms with van der Waals surface area (Å²) in [4.78, 5) is 21.3. The van der Waals surface area contributed by atoms with E-state index in [0.717, 1.165) is 33.4 Å². The molecule has 0 unspecified atom stereocenters. The van der Waals surface area contributed by atoms with Gasteiger partial charge in [-0.05, 0) is 31.2 Å². The fraction of sp³-hybridized carbons (Fsp3) is 0.227. The summed E-state index contributed by atoms with van der Waals surface area (Å²) in [5.74, 6) is 0.794. The predicted molar refractivity (Wildman–Crippen MR) is 118 cm³/mol. The van der Waals surface area contributed by atoms with E-state index in [9.17, 15) is 4.79 Å². The molecule has 1 amide bonds. The molecule has 0 bridgehead atoms. The van der Waals surface area contributed by atoms with Gasteiger partial charge in [-0.15, -0.1) is 22.7 Å². The molecule has 148 valence electrons. The number of amides is 1. The van der Waals surface area contributed by atoms with E-state index in [-0.39, 0.29) is 12.3 Å². The first-order chi connectivity index (χ1) is 14.2. The van der Waals surface area contributed by atoms with Gasteiger partial charge in [0, 0.05) is 18.3 Å². The van der Waals surface area contributed by atoms with Crippen LogP contribution in [0.5, 0.6) is 5.75 Å². The van der Waals surface area contributed by atoms with E-state index in [0.29, 0.717) is 13.2 Å². The van der Waals surface area contributed by atoms with E-state index >= 15 is 0 Å². The lowest BCUT2D eigenvalue weighted by Gasteiger charge is -2.04. The summed E-state index contributed by atoms with van der Waals surface area (Å²) in [5.41, 5.74) is 2.99. The molecule has 0 fully saturated rings. The minimum Gasteiger partial charge on any atom is -0.486 e. The molecule has 0 atom stereocenters. The molecule has 0 saturated carbocycles. The number of thiazole rings is 2. The van der Waals surface area contributed by atoms with Crippen molar-refractivity contribution in [2.75, 3.05) is 6.54 Å². The van der Waals surface area contributed by atoms with Gasteiger partial charge in [-0.25, -0.2) is 9.97 Å². The van der Waals surface area contributed by atoms with Crippen molar-refractivity contribution in [3.63, 3.8) is 0 Å². The van der Waals surface area contributed by atoms with Gasteiger partial charge in [0.25, 0.3) is 0 Å². The van der Waals surface area contributed by atoms with Crippen LogP contribution >= 0.6 is 22.7 Å². The number of benzene rings is 2. The lowest BCUT2D eigenvalue weighted by atomic mass is 10.2. The van der Waals surface area contributed by atoms with Crippen LogP contribution in [0.25, 0.3) is 10.2 Å². The second-order valence-corrected chi connectivity index (χ2v) is 8.74. The molecule has 0 aliphatic carbocycles. The van der Waals surface area contributed by atoms with E-state index in [1.54, 1.807) is 11.3 Å². The van der Waals surface area contributed by atoms with Gasteiger partial charge >= 0.3 is 0 Å². The highest BCUT2D eigenvalue weighted by molar-refractivity contribution is 7.18. The highest BCUT2D eigenvalue weighted by Crippen LogP contribution is 2.21. The van der Waals surface area contributed by atoms with Crippen LogP contribution in [-0.4, -0.2) is 22.4 Å². The lowest BCUT2D eigenvalue weighted by molar-refractivity contribution is -0.120. The molecule has 1 N–H and O–H groups in total. The molecule has 0 aliphatic rings. The van der Waals surface area contributed by atoms with Crippen molar-refractivity contribution >= 4 is 38.8 Å². The zero-order valence-corrected chi connectivity index (χ0v) is 17.7. The lowest BCUT2D eigenvalue weighted by Crippen LogP contribution is -2.27. The highest BCUT2D eigenvalue weighted by atomic mass is 32.1. The number of carbonyl (C=O) groups is 1. The Kier molecular flexibility index (Phi) is 6.17. The first-order valence-corrected chi connectivity index (χ1v) is 11.1. The monoisotopic (exact) mass is 423 g/mol. The number of rotatable bonds is 8. The molecule has 2 heterocycles. The van der Waals surface area contributed by atoms with Gasteiger partial charge in [0.15, 0.2) is 0 Å². The number of aromatic nitrogens is 2. The molecule has 4 rings (SSSR count). The van der Waals surface area contributed by atoms with Crippen molar-refractivity contribution < 1.29 is 9.53 Å². The molecule has 0 aliphatic heterocycles. The van der Waals surface area contributed by atoms with Crippen molar-refractivity contribution in [2.45, 2.75) is 26.4 Å². The van der Waals surface area contributed by atoms with Crippen LogP contribution in [-0.2, 0) is 24.2 Å². The van der Waals surface area contributed by atoms with E-state index in [4.69, 9.17) is 4.74 Å². The van der Waals surface area contributed by atoms with Crippen LogP contribution in [0.3, 0.4) is 0 Å². The predicted octanol–water partition coefficient (Wildman–Crippen LogP) is 4.54. The average molecular weight is 424 g/mol. The number of fused-ring (bicyclic) bond motifs is 1. The normalized spacial score (nSPS) is 10.9. The highest BCUT2D eigenvalue weighted by Gasteiger charge is 2.09. The third-order valence-corrected chi connectivity index (χ3v) is 6.29. The fourth-order valence-electron chi connectivity index (χ4n) is 2.84. The fourth-order valence-corrected chi connectivity index (χ4v) is 4.51. The Labute approximate surface area is 177 Å². The van der Waals surface area contributed by atoms with Gasteiger partial charge in [-0.2, -0.15) is 0 Å². The Bertz CT molecular complexity index is 1070. The molecule has 29 heavy (non-hydrogen) atoms. The molecule has 2 aromatic heterocycles.